The number of amides is 1. The number of nitrogens with zero attached hydrogens (tertiary/aromatic N) is 4. The van der Waals surface area contributed by atoms with E-state index >= 15 is 0 Å². The number of anilines is 1. The second kappa shape index (κ2) is 6.29. The maximum atomic E-state index is 12.5. The molecule has 1 aliphatic rings. The van der Waals surface area contributed by atoms with E-state index in [4.69, 9.17) is 4.84 Å². The van der Waals surface area contributed by atoms with Gasteiger partial charge in [-0.2, -0.15) is 10.2 Å². The average molecular weight is 300 g/mol. The van der Waals surface area contributed by atoms with Crippen LogP contribution in [0.25, 0.3) is 0 Å². The summed E-state index contributed by atoms with van der Waals surface area (Å²) >= 11 is 0. The topological polar surface area (TPSA) is 50.6 Å². The Balaban J connectivity index is 1.59. The first-order valence-corrected chi connectivity index (χ1v) is 7.35. The zero-order chi connectivity index (χ0) is 15.5. The first kappa shape index (κ1) is 14.7. The summed E-state index contributed by atoms with van der Waals surface area (Å²) in [5.74, 6) is 0.0589. The smallest absolute Gasteiger partial charge is 0.246 e. The molecule has 0 N–H and O–H groups in total. The van der Waals surface area contributed by atoms with Gasteiger partial charge in [-0.1, -0.05) is 30.3 Å². The van der Waals surface area contributed by atoms with Crippen LogP contribution in [-0.4, -0.2) is 40.4 Å². The molecule has 6 heteroatoms. The van der Waals surface area contributed by atoms with E-state index in [1.54, 1.807) is 20.8 Å². The summed E-state index contributed by atoms with van der Waals surface area (Å²) in [5.41, 5.74) is 1.93. The SMILES string of the molecule is CN(OCc1ccccc1)[C@@H]1CCN(c2cnn(C)c2)C1=O. The highest BCUT2D eigenvalue weighted by Crippen LogP contribution is 2.23. The van der Waals surface area contributed by atoms with Crippen molar-refractivity contribution >= 4 is 11.6 Å². The number of aryl methyl sites for hydroxylation is 1. The monoisotopic (exact) mass is 300 g/mol. The number of benzene rings is 1. The number of carbonyl (C=O) groups is 1. The summed E-state index contributed by atoms with van der Waals surface area (Å²) in [6.07, 6.45) is 4.31. The molecule has 0 spiro atoms. The van der Waals surface area contributed by atoms with Crippen LogP contribution in [0.4, 0.5) is 5.69 Å². The van der Waals surface area contributed by atoms with E-state index in [0.29, 0.717) is 13.2 Å². The molecule has 1 saturated heterocycles. The van der Waals surface area contributed by atoms with Crippen molar-refractivity contribution < 1.29 is 9.63 Å². The lowest BCUT2D eigenvalue weighted by Crippen LogP contribution is -2.39. The van der Waals surface area contributed by atoms with Gasteiger partial charge in [-0.3, -0.25) is 14.3 Å². The van der Waals surface area contributed by atoms with Crippen molar-refractivity contribution in [3.05, 3.63) is 48.3 Å². The predicted molar refractivity (Wildman–Crippen MR) is 83.0 cm³/mol. The van der Waals surface area contributed by atoms with Crippen molar-refractivity contribution in [1.29, 1.82) is 0 Å². The molecule has 0 saturated carbocycles. The van der Waals surface area contributed by atoms with E-state index in [1.165, 1.54) is 0 Å². The third-order valence-corrected chi connectivity index (χ3v) is 3.90. The van der Waals surface area contributed by atoms with Gasteiger partial charge in [-0.15, -0.1) is 0 Å². The fourth-order valence-corrected chi connectivity index (χ4v) is 2.65. The van der Waals surface area contributed by atoms with Crippen LogP contribution in [0, 0.1) is 0 Å². The Morgan fingerprint density at radius 3 is 2.82 bits per heavy atom. The summed E-state index contributed by atoms with van der Waals surface area (Å²) < 4.78 is 1.70. The lowest BCUT2D eigenvalue weighted by atomic mass is 10.2. The van der Waals surface area contributed by atoms with E-state index in [2.05, 4.69) is 5.10 Å². The molecule has 0 bridgehead atoms. The van der Waals surface area contributed by atoms with Crippen LogP contribution in [0.3, 0.4) is 0 Å². The maximum Gasteiger partial charge on any atom is 0.246 e. The molecule has 1 aromatic carbocycles. The van der Waals surface area contributed by atoms with Crippen LogP contribution in [-0.2, 0) is 23.3 Å². The number of rotatable bonds is 5. The lowest BCUT2D eigenvalue weighted by molar-refractivity contribution is -0.180. The standard InChI is InChI=1S/C16H20N4O2/c1-18-11-14(10-17-18)20-9-8-15(16(20)21)19(2)22-12-13-6-4-3-5-7-13/h3-7,10-11,15H,8-9,12H2,1-2H3/t15-/m1/s1. The minimum atomic E-state index is -0.246. The molecule has 1 aromatic heterocycles. The van der Waals surface area contributed by atoms with E-state index in [9.17, 15) is 4.79 Å². The molecule has 1 aliphatic heterocycles. The Labute approximate surface area is 129 Å². The van der Waals surface area contributed by atoms with Gasteiger partial charge in [0.2, 0.25) is 5.91 Å². The molecular weight excluding hydrogens is 280 g/mol. The van der Waals surface area contributed by atoms with Gasteiger partial charge in [0, 0.05) is 26.8 Å². The maximum absolute atomic E-state index is 12.5. The zero-order valence-corrected chi connectivity index (χ0v) is 12.8. The normalized spacial score (nSPS) is 18.4. The highest BCUT2D eigenvalue weighted by molar-refractivity contribution is 5.99. The van der Waals surface area contributed by atoms with E-state index < -0.39 is 0 Å². The number of hydroxylamine groups is 2. The number of hydrogen-bond acceptors (Lipinski definition) is 4. The molecule has 1 fully saturated rings. The molecule has 2 aromatic rings. The van der Waals surface area contributed by atoms with Gasteiger partial charge in [0.05, 0.1) is 18.5 Å². The zero-order valence-electron chi connectivity index (χ0n) is 12.8. The minimum absolute atomic E-state index is 0.0589. The van der Waals surface area contributed by atoms with Gasteiger partial charge in [0.25, 0.3) is 0 Å². The molecule has 0 radical (unpaired) electrons. The lowest BCUT2D eigenvalue weighted by Gasteiger charge is -2.22. The number of hydrogen-bond donors (Lipinski definition) is 0. The Kier molecular flexibility index (Phi) is 4.22. The summed E-state index contributed by atoms with van der Waals surface area (Å²) in [6, 6.07) is 9.69. The van der Waals surface area contributed by atoms with Crippen molar-refractivity contribution in [3.63, 3.8) is 0 Å². The van der Waals surface area contributed by atoms with Crippen molar-refractivity contribution in [2.45, 2.75) is 19.1 Å². The van der Waals surface area contributed by atoms with E-state index in [0.717, 1.165) is 17.7 Å². The van der Waals surface area contributed by atoms with Crippen LogP contribution < -0.4 is 4.90 Å². The van der Waals surface area contributed by atoms with Gasteiger partial charge < -0.3 is 4.90 Å². The Bertz CT molecular complexity index is 641. The van der Waals surface area contributed by atoms with Crippen molar-refractivity contribution in [2.24, 2.45) is 7.05 Å². The first-order valence-electron chi connectivity index (χ1n) is 7.35. The highest BCUT2D eigenvalue weighted by Gasteiger charge is 2.36. The molecule has 1 atom stereocenters. The van der Waals surface area contributed by atoms with Crippen LogP contribution in [0.2, 0.25) is 0 Å². The summed E-state index contributed by atoms with van der Waals surface area (Å²) in [4.78, 5) is 20.0. The Hall–Kier alpha value is -2.18. The Morgan fingerprint density at radius 1 is 1.36 bits per heavy atom. The predicted octanol–water partition coefficient (Wildman–Crippen LogP) is 1.59. The highest BCUT2D eigenvalue weighted by atomic mass is 16.7. The van der Waals surface area contributed by atoms with Gasteiger partial charge in [0.15, 0.2) is 0 Å². The average Bonchev–Trinajstić information content (AvgIpc) is 3.12. The van der Waals surface area contributed by atoms with E-state index in [-0.39, 0.29) is 11.9 Å². The minimum Gasteiger partial charge on any atom is -0.308 e. The van der Waals surface area contributed by atoms with Crippen LogP contribution >= 0.6 is 0 Å². The quantitative estimate of drug-likeness (QED) is 0.787. The molecular formula is C16H20N4O2. The van der Waals surface area contributed by atoms with Gasteiger partial charge >= 0.3 is 0 Å². The first-order chi connectivity index (χ1) is 10.6. The molecule has 116 valence electrons. The van der Waals surface area contributed by atoms with Gasteiger partial charge in [0.1, 0.15) is 6.04 Å². The molecule has 1 amide bonds. The molecule has 6 nitrogen and oxygen atoms in total. The fraction of sp³-hybridized carbons (Fsp3) is 0.375. The summed E-state index contributed by atoms with van der Waals surface area (Å²) in [7, 11) is 3.66. The summed E-state index contributed by atoms with van der Waals surface area (Å²) in [6.45, 7) is 1.16. The third-order valence-electron chi connectivity index (χ3n) is 3.90. The molecule has 3 rings (SSSR count). The fourth-order valence-electron chi connectivity index (χ4n) is 2.65. The van der Waals surface area contributed by atoms with Crippen molar-refractivity contribution in [2.75, 3.05) is 18.5 Å². The van der Waals surface area contributed by atoms with Gasteiger partial charge in [-0.05, 0) is 12.0 Å². The molecule has 0 aliphatic carbocycles. The number of carbonyl (C=O) groups excluding carboxylic acids is 1. The van der Waals surface area contributed by atoms with E-state index in [1.807, 2.05) is 50.6 Å². The largest absolute Gasteiger partial charge is 0.308 e. The van der Waals surface area contributed by atoms with Crippen LogP contribution in [0.1, 0.15) is 12.0 Å². The molecule has 0 unspecified atom stereocenters. The van der Waals surface area contributed by atoms with Crippen molar-refractivity contribution in [1.82, 2.24) is 14.8 Å². The number of aromatic nitrogens is 2. The molecule has 22 heavy (non-hydrogen) atoms. The molecule has 2 heterocycles. The van der Waals surface area contributed by atoms with Crippen molar-refractivity contribution in [3.8, 4) is 0 Å². The second-order valence-electron chi connectivity index (χ2n) is 5.47. The third kappa shape index (κ3) is 3.03. The van der Waals surface area contributed by atoms with Gasteiger partial charge in [-0.25, -0.2) is 0 Å². The summed E-state index contributed by atoms with van der Waals surface area (Å²) in [5, 5.41) is 5.79. The van der Waals surface area contributed by atoms with Crippen LogP contribution in [0.5, 0.6) is 0 Å². The van der Waals surface area contributed by atoms with Crippen LogP contribution in [0.15, 0.2) is 42.7 Å². The Morgan fingerprint density at radius 2 is 2.14 bits per heavy atom. The second-order valence-corrected chi connectivity index (χ2v) is 5.47. The number of likely N-dealkylation sites (N-methyl/N-ethyl adjacent to an activating group) is 1.